The molecule has 5 nitrogen and oxygen atoms in total. The van der Waals surface area contributed by atoms with Crippen molar-refractivity contribution in [3.05, 3.63) is 30.1 Å². The average Bonchev–Trinajstić information content (AvgIpc) is 2.90. The minimum atomic E-state index is -0.128. The number of piperazine rings is 1. The third-order valence-electron chi connectivity index (χ3n) is 4.13. The fourth-order valence-electron chi connectivity index (χ4n) is 2.77. The van der Waals surface area contributed by atoms with Gasteiger partial charge in [-0.25, -0.2) is 4.98 Å². The molecular formula is C15H20N4O. The molecule has 1 atom stereocenters. The Kier molecular flexibility index (Phi) is 3.44. The first-order valence-electron chi connectivity index (χ1n) is 7.06. The average molecular weight is 272 g/mol. The van der Waals surface area contributed by atoms with E-state index < -0.39 is 0 Å². The Labute approximate surface area is 118 Å². The molecule has 1 N–H and O–H groups in total. The van der Waals surface area contributed by atoms with Gasteiger partial charge in [-0.1, -0.05) is 0 Å². The van der Waals surface area contributed by atoms with Crippen LogP contribution in [0.5, 0.6) is 0 Å². The molecule has 1 unspecified atom stereocenters. The fourth-order valence-corrected chi connectivity index (χ4v) is 2.77. The molecule has 5 heteroatoms. The Morgan fingerprint density at radius 2 is 2.10 bits per heavy atom. The van der Waals surface area contributed by atoms with Gasteiger partial charge in [0, 0.05) is 44.0 Å². The van der Waals surface area contributed by atoms with E-state index in [-0.39, 0.29) is 11.8 Å². The lowest BCUT2D eigenvalue weighted by molar-refractivity contribution is -0.134. The summed E-state index contributed by atoms with van der Waals surface area (Å²) >= 11 is 0. The Balaban J connectivity index is 1.81. The van der Waals surface area contributed by atoms with Crippen molar-refractivity contribution in [2.45, 2.75) is 12.8 Å². The van der Waals surface area contributed by atoms with Gasteiger partial charge in [-0.2, -0.15) is 0 Å². The third-order valence-corrected chi connectivity index (χ3v) is 4.13. The number of aromatic amines is 1. The Hall–Kier alpha value is -1.88. The van der Waals surface area contributed by atoms with Crippen molar-refractivity contribution in [2.75, 3.05) is 33.2 Å². The van der Waals surface area contributed by atoms with E-state index in [4.69, 9.17) is 0 Å². The fraction of sp³-hybridized carbons (Fsp3) is 0.467. The molecule has 106 valence electrons. The van der Waals surface area contributed by atoms with Crippen LogP contribution in [0.1, 0.15) is 18.4 Å². The highest BCUT2D eigenvalue weighted by atomic mass is 16.2. The number of rotatable bonds is 2. The number of hydrogen-bond donors (Lipinski definition) is 1. The van der Waals surface area contributed by atoms with E-state index in [2.05, 4.69) is 21.9 Å². The number of likely N-dealkylation sites (N-methyl/N-ethyl adjacent to an activating group) is 1. The first-order chi connectivity index (χ1) is 9.66. The molecule has 0 aromatic carbocycles. The van der Waals surface area contributed by atoms with Crippen LogP contribution in [-0.4, -0.2) is 58.9 Å². The predicted molar refractivity (Wildman–Crippen MR) is 78.6 cm³/mol. The number of carbonyl (C=O) groups is 1. The maximum absolute atomic E-state index is 12.6. The zero-order valence-electron chi connectivity index (χ0n) is 12.0. The van der Waals surface area contributed by atoms with Crippen molar-refractivity contribution < 1.29 is 4.79 Å². The van der Waals surface area contributed by atoms with E-state index in [1.807, 2.05) is 30.2 Å². The highest BCUT2D eigenvalue weighted by molar-refractivity contribution is 5.90. The van der Waals surface area contributed by atoms with Gasteiger partial charge in [-0.05, 0) is 31.7 Å². The summed E-state index contributed by atoms with van der Waals surface area (Å²) in [7, 11) is 2.09. The molecular weight excluding hydrogens is 252 g/mol. The number of aromatic nitrogens is 2. The van der Waals surface area contributed by atoms with Crippen molar-refractivity contribution in [1.29, 1.82) is 0 Å². The summed E-state index contributed by atoms with van der Waals surface area (Å²) in [5, 5.41) is 1.04. The second-order valence-corrected chi connectivity index (χ2v) is 5.49. The van der Waals surface area contributed by atoms with Gasteiger partial charge < -0.3 is 14.8 Å². The standard InChI is InChI=1S/C15H20N4O/c1-11(15(20)19-8-6-18(2)7-9-19)13-10-17-14-12(13)4-3-5-16-14/h3-5,10-11H,6-9H2,1-2H3,(H,16,17). The summed E-state index contributed by atoms with van der Waals surface area (Å²) < 4.78 is 0. The van der Waals surface area contributed by atoms with Crippen LogP contribution in [0.15, 0.2) is 24.5 Å². The molecule has 3 rings (SSSR count). The molecule has 1 amide bonds. The molecule has 0 spiro atoms. The monoisotopic (exact) mass is 272 g/mol. The van der Waals surface area contributed by atoms with Crippen LogP contribution < -0.4 is 0 Å². The van der Waals surface area contributed by atoms with Gasteiger partial charge in [0.1, 0.15) is 5.65 Å². The van der Waals surface area contributed by atoms with E-state index in [1.165, 1.54) is 0 Å². The molecule has 3 heterocycles. The quantitative estimate of drug-likeness (QED) is 0.900. The SMILES string of the molecule is CC(C(=O)N1CCN(C)CC1)c1c[nH]c2ncccc12. The minimum Gasteiger partial charge on any atom is -0.346 e. The van der Waals surface area contributed by atoms with Gasteiger partial charge in [-0.15, -0.1) is 0 Å². The van der Waals surface area contributed by atoms with Gasteiger partial charge in [0.2, 0.25) is 5.91 Å². The number of nitrogens with zero attached hydrogens (tertiary/aromatic N) is 3. The summed E-state index contributed by atoms with van der Waals surface area (Å²) in [4.78, 5) is 24.3. The number of amides is 1. The Morgan fingerprint density at radius 3 is 2.85 bits per heavy atom. The minimum absolute atomic E-state index is 0.128. The Bertz CT molecular complexity index is 613. The zero-order valence-corrected chi connectivity index (χ0v) is 12.0. The molecule has 0 bridgehead atoms. The molecule has 1 saturated heterocycles. The summed E-state index contributed by atoms with van der Waals surface area (Å²) in [6.45, 7) is 5.53. The summed E-state index contributed by atoms with van der Waals surface area (Å²) in [5.41, 5.74) is 1.89. The Morgan fingerprint density at radius 1 is 1.35 bits per heavy atom. The molecule has 1 fully saturated rings. The number of carbonyl (C=O) groups excluding carboxylic acids is 1. The lowest BCUT2D eigenvalue weighted by Gasteiger charge is -2.34. The number of nitrogens with one attached hydrogen (secondary N) is 1. The van der Waals surface area contributed by atoms with Crippen molar-refractivity contribution in [2.24, 2.45) is 0 Å². The van der Waals surface area contributed by atoms with Crippen LogP contribution >= 0.6 is 0 Å². The zero-order chi connectivity index (χ0) is 14.1. The van der Waals surface area contributed by atoms with Crippen molar-refractivity contribution in [3.63, 3.8) is 0 Å². The largest absolute Gasteiger partial charge is 0.346 e. The van der Waals surface area contributed by atoms with Crippen molar-refractivity contribution in [3.8, 4) is 0 Å². The van der Waals surface area contributed by atoms with E-state index >= 15 is 0 Å². The molecule has 1 aliphatic rings. The van der Waals surface area contributed by atoms with Gasteiger partial charge in [0.05, 0.1) is 5.92 Å². The van der Waals surface area contributed by atoms with Crippen molar-refractivity contribution in [1.82, 2.24) is 19.8 Å². The maximum Gasteiger partial charge on any atom is 0.230 e. The molecule has 0 aliphatic carbocycles. The number of H-pyrrole nitrogens is 1. The normalized spacial score (nSPS) is 18.4. The lowest BCUT2D eigenvalue weighted by atomic mass is 9.99. The molecule has 2 aromatic rings. The number of fused-ring (bicyclic) bond motifs is 1. The second kappa shape index (κ2) is 5.25. The summed E-state index contributed by atoms with van der Waals surface area (Å²) in [5.74, 6) is 0.0826. The lowest BCUT2D eigenvalue weighted by Crippen LogP contribution is -2.48. The van der Waals surface area contributed by atoms with Gasteiger partial charge in [0.15, 0.2) is 0 Å². The molecule has 0 radical (unpaired) electrons. The third kappa shape index (κ3) is 2.29. The predicted octanol–water partition coefficient (Wildman–Crippen LogP) is 1.44. The highest BCUT2D eigenvalue weighted by Gasteiger charge is 2.26. The van der Waals surface area contributed by atoms with Crippen LogP contribution in [-0.2, 0) is 4.79 Å². The van der Waals surface area contributed by atoms with Crippen LogP contribution in [0.25, 0.3) is 11.0 Å². The molecule has 0 saturated carbocycles. The first kappa shape index (κ1) is 13.1. The van der Waals surface area contributed by atoms with Crippen LogP contribution in [0.3, 0.4) is 0 Å². The smallest absolute Gasteiger partial charge is 0.230 e. The van der Waals surface area contributed by atoms with Crippen LogP contribution in [0.4, 0.5) is 0 Å². The summed E-state index contributed by atoms with van der Waals surface area (Å²) in [6.07, 6.45) is 3.67. The van der Waals surface area contributed by atoms with Crippen molar-refractivity contribution >= 4 is 16.9 Å². The maximum atomic E-state index is 12.6. The van der Waals surface area contributed by atoms with E-state index in [9.17, 15) is 4.79 Å². The van der Waals surface area contributed by atoms with E-state index in [1.54, 1.807) is 6.20 Å². The second-order valence-electron chi connectivity index (χ2n) is 5.49. The van der Waals surface area contributed by atoms with Crippen LogP contribution in [0.2, 0.25) is 0 Å². The summed E-state index contributed by atoms with van der Waals surface area (Å²) in [6, 6.07) is 3.93. The topological polar surface area (TPSA) is 52.2 Å². The van der Waals surface area contributed by atoms with Gasteiger partial charge in [0.25, 0.3) is 0 Å². The molecule has 20 heavy (non-hydrogen) atoms. The highest BCUT2D eigenvalue weighted by Crippen LogP contribution is 2.26. The number of hydrogen-bond acceptors (Lipinski definition) is 3. The number of pyridine rings is 1. The van der Waals surface area contributed by atoms with Gasteiger partial charge in [-0.3, -0.25) is 4.79 Å². The van der Waals surface area contributed by atoms with E-state index in [0.29, 0.717) is 0 Å². The van der Waals surface area contributed by atoms with Gasteiger partial charge >= 0.3 is 0 Å². The molecule has 2 aromatic heterocycles. The molecule has 1 aliphatic heterocycles. The first-order valence-corrected chi connectivity index (χ1v) is 7.06. The van der Waals surface area contributed by atoms with Crippen LogP contribution in [0, 0.1) is 0 Å². The van der Waals surface area contributed by atoms with E-state index in [0.717, 1.165) is 42.8 Å².